The van der Waals surface area contributed by atoms with Crippen LogP contribution in [0.25, 0.3) is 0 Å². The maximum absolute atomic E-state index is 12.2. The van der Waals surface area contributed by atoms with Crippen LogP contribution in [0.4, 0.5) is 4.39 Å². The van der Waals surface area contributed by atoms with Gasteiger partial charge in [0.2, 0.25) is 0 Å². The lowest BCUT2D eigenvalue weighted by molar-refractivity contribution is -0.0314. The smallest absolute Gasteiger partial charge is 0.114 e. The van der Waals surface area contributed by atoms with Crippen LogP contribution < -0.4 is 0 Å². The van der Waals surface area contributed by atoms with Gasteiger partial charge in [-0.1, -0.05) is 0 Å². The average molecular weight is 148 g/mol. The van der Waals surface area contributed by atoms with Gasteiger partial charge in [-0.05, 0) is 19.3 Å². The summed E-state index contributed by atoms with van der Waals surface area (Å²) < 4.78 is 17.5. The van der Waals surface area contributed by atoms with Gasteiger partial charge in [-0.3, -0.25) is 0 Å². The van der Waals surface area contributed by atoms with Crippen LogP contribution in [0.1, 0.15) is 19.3 Å². The van der Waals surface area contributed by atoms with Gasteiger partial charge in [0, 0.05) is 16.8 Å². The van der Waals surface area contributed by atoms with Crippen molar-refractivity contribution in [2.45, 2.75) is 24.5 Å². The Hall–Kier alpha value is 0.107. The minimum absolute atomic E-state index is 0.279. The van der Waals surface area contributed by atoms with Crippen LogP contribution >= 0.6 is 0 Å². The molecule has 1 atom stereocenters. The fourth-order valence-electron chi connectivity index (χ4n) is 1.10. The van der Waals surface area contributed by atoms with Gasteiger partial charge in [-0.15, -0.1) is 0 Å². The van der Waals surface area contributed by atoms with Crippen LogP contribution in [0.5, 0.6) is 0 Å². The molecule has 0 aliphatic carbocycles. The molecule has 1 saturated heterocycles. The van der Waals surface area contributed by atoms with Crippen LogP contribution in [-0.4, -0.2) is 28.7 Å². The molecule has 54 valence electrons. The fourth-order valence-corrected chi connectivity index (χ4v) is 1.65. The van der Waals surface area contributed by atoms with E-state index in [1.807, 2.05) is 0 Å². The van der Waals surface area contributed by atoms with E-state index in [9.17, 15) is 4.39 Å². The van der Waals surface area contributed by atoms with Crippen molar-refractivity contribution in [1.29, 1.82) is 0 Å². The average Bonchev–Trinajstić information content (AvgIpc) is 1.90. The number of hydrogen-bond donors (Lipinski definition) is 0. The predicted octanol–water partition coefficient (Wildman–Crippen LogP) is 0.218. The molecule has 0 radical (unpaired) electrons. The molecule has 0 aromatic carbocycles. The van der Waals surface area contributed by atoms with Gasteiger partial charge >= 0.3 is 0 Å². The third-order valence-electron chi connectivity index (χ3n) is 1.83. The summed E-state index contributed by atoms with van der Waals surface area (Å²) in [5, 5.41) is -0.307. The predicted molar refractivity (Wildman–Crippen MR) is 38.4 cm³/mol. The van der Waals surface area contributed by atoms with E-state index in [4.69, 9.17) is 4.74 Å². The van der Waals surface area contributed by atoms with Gasteiger partial charge in [-0.25, -0.2) is 4.39 Å². The van der Waals surface area contributed by atoms with Gasteiger partial charge in [0.1, 0.15) is 6.67 Å². The SMILES string of the molecule is FCC1([SiH3])CCCCO1. The maximum atomic E-state index is 12.2. The third-order valence-corrected chi connectivity index (χ3v) is 2.89. The van der Waals surface area contributed by atoms with Crippen molar-refractivity contribution in [2.75, 3.05) is 13.3 Å². The molecular weight excluding hydrogens is 135 g/mol. The van der Waals surface area contributed by atoms with Crippen molar-refractivity contribution in [3.8, 4) is 0 Å². The summed E-state index contributed by atoms with van der Waals surface area (Å²) in [5.41, 5.74) is 0. The molecule has 1 aliphatic heterocycles. The third kappa shape index (κ3) is 1.76. The quantitative estimate of drug-likeness (QED) is 0.483. The van der Waals surface area contributed by atoms with Gasteiger partial charge in [0.25, 0.3) is 0 Å². The maximum Gasteiger partial charge on any atom is 0.114 e. The van der Waals surface area contributed by atoms with E-state index in [1.165, 1.54) is 0 Å². The summed E-state index contributed by atoms with van der Waals surface area (Å²) in [5.74, 6) is 0. The van der Waals surface area contributed by atoms with E-state index in [0.29, 0.717) is 0 Å². The van der Waals surface area contributed by atoms with Crippen molar-refractivity contribution >= 4 is 10.2 Å². The van der Waals surface area contributed by atoms with Gasteiger partial charge in [0.15, 0.2) is 0 Å². The fraction of sp³-hybridized carbons (Fsp3) is 1.00. The Labute approximate surface area is 58.0 Å². The first kappa shape index (κ1) is 7.22. The lowest BCUT2D eigenvalue weighted by atomic mass is 10.1. The minimum atomic E-state index is -0.307. The Morgan fingerprint density at radius 1 is 1.56 bits per heavy atom. The van der Waals surface area contributed by atoms with Crippen molar-refractivity contribution < 1.29 is 9.13 Å². The standard InChI is InChI=1S/C6H13FOSi/c7-5-6(9)3-1-2-4-8-6/h1-5H2,9H3. The minimum Gasteiger partial charge on any atom is -0.377 e. The van der Waals surface area contributed by atoms with Crippen LogP contribution in [0.3, 0.4) is 0 Å². The molecule has 3 heteroatoms. The van der Waals surface area contributed by atoms with Gasteiger partial charge in [-0.2, -0.15) is 0 Å². The van der Waals surface area contributed by atoms with E-state index in [0.717, 1.165) is 36.1 Å². The topological polar surface area (TPSA) is 9.23 Å². The molecule has 0 amide bonds. The number of alkyl halides is 1. The molecule has 1 unspecified atom stereocenters. The molecule has 0 spiro atoms. The Balaban J connectivity index is 2.37. The summed E-state index contributed by atoms with van der Waals surface area (Å²) in [4.78, 5) is 0. The number of ether oxygens (including phenoxy) is 1. The lowest BCUT2D eigenvalue weighted by Gasteiger charge is -2.30. The largest absolute Gasteiger partial charge is 0.377 e. The van der Waals surface area contributed by atoms with Crippen LogP contribution in [0, 0.1) is 0 Å². The number of halogens is 1. The summed E-state index contributed by atoms with van der Waals surface area (Å²) in [6.45, 7) is 0.493. The Morgan fingerprint density at radius 2 is 2.33 bits per heavy atom. The molecule has 1 nitrogen and oxygen atoms in total. The molecule has 1 heterocycles. The van der Waals surface area contributed by atoms with Crippen LogP contribution in [-0.2, 0) is 4.74 Å². The zero-order valence-corrected chi connectivity index (χ0v) is 7.82. The zero-order valence-electron chi connectivity index (χ0n) is 5.82. The first-order valence-corrected chi connectivity index (χ1v) is 4.47. The summed E-state index contributed by atoms with van der Waals surface area (Å²) >= 11 is 0. The van der Waals surface area contributed by atoms with Crippen molar-refractivity contribution in [3.63, 3.8) is 0 Å². The number of rotatable bonds is 1. The van der Waals surface area contributed by atoms with E-state index in [-0.39, 0.29) is 11.9 Å². The summed E-state index contributed by atoms with van der Waals surface area (Å²) in [7, 11) is 0.833. The molecular formula is C6H13FOSi. The van der Waals surface area contributed by atoms with E-state index in [1.54, 1.807) is 0 Å². The summed E-state index contributed by atoms with van der Waals surface area (Å²) in [6.07, 6.45) is 3.20. The van der Waals surface area contributed by atoms with Gasteiger partial charge in [0.05, 0.1) is 5.22 Å². The van der Waals surface area contributed by atoms with Crippen LogP contribution in [0.2, 0.25) is 0 Å². The second-order valence-corrected chi connectivity index (χ2v) is 4.71. The van der Waals surface area contributed by atoms with Crippen molar-refractivity contribution in [3.05, 3.63) is 0 Å². The Bertz CT molecular complexity index is 91.1. The monoisotopic (exact) mass is 148 g/mol. The Kier molecular flexibility index (Phi) is 2.24. The molecule has 1 fully saturated rings. The normalized spacial score (nSPS) is 37.0. The van der Waals surface area contributed by atoms with Crippen molar-refractivity contribution in [1.82, 2.24) is 0 Å². The molecule has 0 aromatic heterocycles. The molecule has 1 rings (SSSR count). The first-order chi connectivity index (χ1) is 4.27. The second kappa shape index (κ2) is 2.79. The highest BCUT2D eigenvalue weighted by molar-refractivity contribution is 6.14. The van der Waals surface area contributed by atoms with Gasteiger partial charge < -0.3 is 4.74 Å². The first-order valence-electron chi connectivity index (χ1n) is 3.47. The lowest BCUT2D eigenvalue weighted by Crippen LogP contribution is -2.38. The van der Waals surface area contributed by atoms with E-state index >= 15 is 0 Å². The zero-order chi connectivity index (χ0) is 6.74. The molecule has 0 bridgehead atoms. The van der Waals surface area contributed by atoms with Crippen LogP contribution in [0.15, 0.2) is 0 Å². The molecule has 0 saturated carbocycles. The molecule has 0 aromatic rings. The summed E-state index contributed by atoms with van der Waals surface area (Å²) in [6, 6.07) is 0. The highest BCUT2D eigenvalue weighted by atomic mass is 28.1. The highest BCUT2D eigenvalue weighted by Gasteiger charge is 2.26. The second-order valence-electron chi connectivity index (χ2n) is 2.89. The van der Waals surface area contributed by atoms with Crippen molar-refractivity contribution in [2.24, 2.45) is 0 Å². The molecule has 0 N–H and O–H groups in total. The molecule has 9 heavy (non-hydrogen) atoms. The number of hydrogen-bond acceptors (Lipinski definition) is 1. The molecule has 1 aliphatic rings. The highest BCUT2D eigenvalue weighted by Crippen LogP contribution is 2.21. The Morgan fingerprint density at radius 3 is 2.67 bits per heavy atom. The van der Waals surface area contributed by atoms with E-state index < -0.39 is 0 Å². The van der Waals surface area contributed by atoms with E-state index in [2.05, 4.69) is 0 Å².